The van der Waals surface area contributed by atoms with E-state index in [1.807, 2.05) is 0 Å². The molecule has 0 saturated heterocycles. The van der Waals surface area contributed by atoms with E-state index in [0.29, 0.717) is 0 Å². The summed E-state index contributed by atoms with van der Waals surface area (Å²) in [5.74, 6) is 5.97. The van der Waals surface area contributed by atoms with Gasteiger partial charge in [0, 0.05) is 0 Å². The number of unbranched alkanes of at least 4 members (excludes halogenated alkanes) is 4. The van der Waals surface area contributed by atoms with Gasteiger partial charge >= 0.3 is 0 Å². The van der Waals surface area contributed by atoms with E-state index >= 15 is 0 Å². The van der Waals surface area contributed by atoms with Crippen molar-refractivity contribution in [2.45, 2.75) is 128 Å². The van der Waals surface area contributed by atoms with Gasteiger partial charge in [-0.2, -0.15) is 4.99 Å². The van der Waals surface area contributed by atoms with Gasteiger partial charge in [0.05, 0.1) is 10.8 Å². The maximum atomic E-state index is 4.72. The van der Waals surface area contributed by atoms with E-state index in [-0.39, 0.29) is 0 Å². The summed E-state index contributed by atoms with van der Waals surface area (Å²) in [5, 5.41) is 2.47. The predicted octanol–water partition coefficient (Wildman–Crippen LogP) is 10.7. The monoisotopic (exact) mass is 479 g/mol. The normalized spacial score (nSPS) is 32.1. The zero-order valence-corrected chi connectivity index (χ0v) is 22.7. The number of aliphatic imine (C=N–C) groups is 1. The third-order valence-electron chi connectivity index (χ3n) is 10.1. The summed E-state index contributed by atoms with van der Waals surface area (Å²) in [6.45, 7) is 2.32. The highest BCUT2D eigenvalue weighted by Gasteiger charge is 2.34. The average Bonchev–Trinajstić information content (AvgIpc) is 2.90. The average molecular weight is 480 g/mol. The molecule has 3 saturated carbocycles. The maximum Gasteiger partial charge on any atom is 0.0739 e. The molecule has 0 atom stereocenters. The molecule has 0 aliphatic heterocycles. The summed E-state index contributed by atoms with van der Waals surface area (Å²) in [7, 11) is 0. The Balaban J connectivity index is 1.12. The molecule has 34 heavy (non-hydrogen) atoms. The minimum Gasteiger partial charge on any atom is -0.195 e. The smallest absolute Gasteiger partial charge is 0.0739 e. The summed E-state index contributed by atoms with van der Waals surface area (Å²) < 4.78 is 0. The molecular formula is C32H49NS. The van der Waals surface area contributed by atoms with Crippen molar-refractivity contribution < 1.29 is 0 Å². The molecule has 1 nitrogen and oxygen atoms in total. The summed E-state index contributed by atoms with van der Waals surface area (Å²) in [4.78, 5) is 4.09. The van der Waals surface area contributed by atoms with Crippen LogP contribution in [0.15, 0.2) is 29.3 Å². The van der Waals surface area contributed by atoms with E-state index in [9.17, 15) is 0 Å². The summed E-state index contributed by atoms with van der Waals surface area (Å²) in [6, 6.07) is 8.73. The van der Waals surface area contributed by atoms with Crippen LogP contribution in [-0.2, 0) is 0 Å². The van der Waals surface area contributed by atoms with Crippen molar-refractivity contribution in [2.24, 2.45) is 34.6 Å². The van der Waals surface area contributed by atoms with Crippen molar-refractivity contribution in [1.82, 2.24) is 0 Å². The van der Waals surface area contributed by atoms with Crippen LogP contribution in [0.3, 0.4) is 0 Å². The topological polar surface area (TPSA) is 12.4 Å². The number of benzene rings is 1. The van der Waals surface area contributed by atoms with Gasteiger partial charge < -0.3 is 0 Å². The predicted molar refractivity (Wildman–Crippen MR) is 150 cm³/mol. The molecular weight excluding hydrogens is 430 g/mol. The third kappa shape index (κ3) is 7.51. The van der Waals surface area contributed by atoms with Gasteiger partial charge in [-0.3, -0.25) is 0 Å². The Hall–Kier alpha value is -0.980. The standard InChI is InChI=1S/C32H49NS/c1-2-3-4-5-6-7-25-8-10-26(11-9-25)27-12-14-28(15-13-27)29-16-18-30(19-17-29)31-20-22-32(23-21-31)33-24-34/h20-23,25-30H,2-19H2,1H3. The summed E-state index contributed by atoms with van der Waals surface area (Å²) in [6.07, 6.45) is 26.8. The van der Waals surface area contributed by atoms with Crippen molar-refractivity contribution in [3.8, 4) is 0 Å². The quantitative estimate of drug-likeness (QED) is 0.185. The van der Waals surface area contributed by atoms with Crippen LogP contribution in [-0.4, -0.2) is 5.16 Å². The minimum atomic E-state index is 0.750. The lowest BCUT2D eigenvalue weighted by Crippen LogP contribution is -2.29. The van der Waals surface area contributed by atoms with Gasteiger partial charge in [-0.25, -0.2) is 0 Å². The first kappa shape index (κ1) is 26.1. The minimum absolute atomic E-state index is 0.750. The van der Waals surface area contributed by atoms with Gasteiger partial charge in [0.15, 0.2) is 0 Å². The van der Waals surface area contributed by atoms with Crippen LogP contribution in [0, 0.1) is 29.6 Å². The van der Waals surface area contributed by atoms with Crippen molar-refractivity contribution in [3.63, 3.8) is 0 Å². The zero-order valence-electron chi connectivity index (χ0n) is 21.9. The highest BCUT2D eigenvalue weighted by Crippen LogP contribution is 2.47. The number of hydrogen-bond acceptors (Lipinski definition) is 2. The molecule has 3 aliphatic rings. The molecule has 0 amide bonds. The van der Waals surface area contributed by atoms with Gasteiger partial charge in [0.2, 0.25) is 0 Å². The maximum absolute atomic E-state index is 4.72. The first-order chi connectivity index (χ1) is 16.8. The highest BCUT2D eigenvalue weighted by molar-refractivity contribution is 7.78. The fraction of sp³-hybridized carbons (Fsp3) is 0.781. The van der Waals surface area contributed by atoms with Gasteiger partial charge in [-0.1, -0.05) is 70.4 Å². The second-order valence-corrected chi connectivity index (χ2v) is 12.2. The van der Waals surface area contributed by atoms with Crippen LogP contribution in [0.4, 0.5) is 5.69 Å². The Labute approximate surface area is 215 Å². The Morgan fingerprint density at radius 2 is 1.18 bits per heavy atom. The van der Waals surface area contributed by atoms with E-state index in [0.717, 1.165) is 41.2 Å². The Kier molecular flexibility index (Phi) is 10.7. The fourth-order valence-corrected chi connectivity index (χ4v) is 7.98. The van der Waals surface area contributed by atoms with Crippen molar-refractivity contribution in [2.75, 3.05) is 0 Å². The van der Waals surface area contributed by atoms with Crippen molar-refractivity contribution in [3.05, 3.63) is 29.8 Å². The van der Waals surface area contributed by atoms with Gasteiger partial charge in [0.25, 0.3) is 0 Å². The van der Waals surface area contributed by atoms with Crippen LogP contribution in [0.1, 0.15) is 134 Å². The number of rotatable bonds is 10. The molecule has 0 aromatic heterocycles. The lowest BCUT2D eigenvalue weighted by Gasteiger charge is -2.41. The Morgan fingerprint density at radius 3 is 1.71 bits per heavy atom. The molecule has 0 radical (unpaired) electrons. The largest absolute Gasteiger partial charge is 0.195 e. The zero-order chi connectivity index (χ0) is 23.6. The van der Waals surface area contributed by atoms with Crippen LogP contribution in [0.5, 0.6) is 0 Å². The van der Waals surface area contributed by atoms with Crippen LogP contribution in [0.25, 0.3) is 0 Å². The van der Waals surface area contributed by atoms with Crippen LogP contribution in [0.2, 0.25) is 0 Å². The SMILES string of the molecule is CCCCCCCC1CCC(C2CCC(C3CCC(c4ccc(N=C=S)cc4)CC3)CC2)CC1. The third-order valence-corrected chi connectivity index (χ3v) is 10.2. The lowest BCUT2D eigenvalue weighted by atomic mass is 9.64. The van der Waals surface area contributed by atoms with E-state index in [1.54, 1.807) is 38.5 Å². The van der Waals surface area contributed by atoms with E-state index in [4.69, 9.17) is 12.2 Å². The Bertz CT molecular complexity index is 740. The van der Waals surface area contributed by atoms with Crippen LogP contribution >= 0.6 is 12.2 Å². The van der Waals surface area contributed by atoms with Crippen molar-refractivity contribution in [1.29, 1.82) is 0 Å². The number of thiocarbonyl (C=S) groups is 1. The number of nitrogens with zero attached hydrogens (tertiary/aromatic N) is 1. The molecule has 2 heteroatoms. The summed E-state index contributed by atoms with van der Waals surface area (Å²) in [5.41, 5.74) is 2.43. The molecule has 4 rings (SSSR count). The molecule has 0 bridgehead atoms. The second kappa shape index (κ2) is 13.9. The molecule has 188 valence electrons. The lowest BCUT2D eigenvalue weighted by molar-refractivity contribution is 0.108. The van der Waals surface area contributed by atoms with E-state index in [2.05, 4.69) is 41.3 Å². The molecule has 3 aliphatic carbocycles. The van der Waals surface area contributed by atoms with Crippen molar-refractivity contribution >= 4 is 23.1 Å². The number of isothiocyanates is 1. The first-order valence-electron chi connectivity index (χ1n) is 14.9. The van der Waals surface area contributed by atoms with E-state index in [1.165, 1.54) is 82.6 Å². The van der Waals surface area contributed by atoms with Gasteiger partial charge in [0.1, 0.15) is 0 Å². The number of hydrogen-bond donors (Lipinski definition) is 0. The molecule has 0 N–H and O–H groups in total. The van der Waals surface area contributed by atoms with Crippen LogP contribution < -0.4 is 0 Å². The molecule has 1 aromatic rings. The first-order valence-corrected chi connectivity index (χ1v) is 15.4. The molecule has 0 heterocycles. The Morgan fingerprint density at radius 1 is 0.676 bits per heavy atom. The second-order valence-electron chi connectivity index (χ2n) is 12.1. The molecule has 0 unspecified atom stereocenters. The summed E-state index contributed by atoms with van der Waals surface area (Å²) >= 11 is 4.72. The molecule has 0 spiro atoms. The van der Waals surface area contributed by atoms with E-state index < -0.39 is 0 Å². The molecule has 1 aromatic carbocycles. The fourth-order valence-electron chi connectivity index (χ4n) is 7.87. The molecule has 3 fully saturated rings. The van der Waals surface area contributed by atoms with Gasteiger partial charge in [-0.15, -0.1) is 0 Å². The van der Waals surface area contributed by atoms with Gasteiger partial charge in [-0.05, 0) is 130 Å². The highest BCUT2D eigenvalue weighted by atomic mass is 32.1.